The minimum Gasteiger partial charge on any atom is -0.384 e. The van der Waals surface area contributed by atoms with Gasteiger partial charge in [0, 0.05) is 12.7 Å². The maximum Gasteiger partial charge on any atom is 0.251 e. The van der Waals surface area contributed by atoms with Crippen LogP contribution >= 0.6 is 0 Å². The molecule has 0 saturated heterocycles. The number of rotatable bonds is 4. The van der Waals surface area contributed by atoms with Gasteiger partial charge in [0.25, 0.3) is 5.91 Å². The van der Waals surface area contributed by atoms with Crippen LogP contribution in [0.3, 0.4) is 0 Å². The minimum absolute atomic E-state index is 0.145. The quantitative estimate of drug-likeness (QED) is 0.817. The molecule has 0 atom stereocenters. The summed E-state index contributed by atoms with van der Waals surface area (Å²) in [4.78, 5) is 12.0. The zero-order valence-electron chi connectivity index (χ0n) is 11.8. The van der Waals surface area contributed by atoms with Gasteiger partial charge in [-0.2, -0.15) is 0 Å². The van der Waals surface area contributed by atoms with Crippen LogP contribution in [0.2, 0.25) is 0 Å². The molecule has 1 aromatic rings. The summed E-state index contributed by atoms with van der Waals surface area (Å²) in [5.41, 5.74) is -0.189. The van der Waals surface area contributed by atoms with Crippen molar-refractivity contribution < 1.29 is 19.0 Å². The minimum atomic E-state index is -0.594. The van der Waals surface area contributed by atoms with Crippen LogP contribution in [0, 0.1) is 17.7 Å². The predicted octanol–water partition coefficient (Wildman–Crippen LogP) is 1.32. The fourth-order valence-electron chi connectivity index (χ4n) is 1.67. The molecule has 0 fully saturated rings. The second-order valence-electron chi connectivity index (χ2n) is 4.93. The van der Waals surface area contributed by atoms with Gasteiger partial charge < -0.3 is 15.2 Å². The number of halogens is 1. The number of methoxy groups -OCH3 is 1. The first-order valence-corrected chi connectivity index (χ1v) is 6.10. The van der Waals surface area contributed by atoms with Crippen molar-refractivity contribution in [3.05, 3.63) is 35.1 Å². The Kier molecular flexibility index (Phi) is 5.68. The van der Waals surface area contributed by atoms with Gasteiger partial charge >= 0.3 is 0 Å². The highest BCUT2D eigenvalue weighted by Crippen LogP contribution is 2.11. The largest absolute Gasteiger partial charge is 0.384 e. The Morgan fingerprint density at radius 3 is 2.75 bits per heavy atom. The van der Waals surface area contributed by atoms with E-state index in [1.165, 1.54) is 12.1 Å². The van der Waals surface area contributed by atoms with E-state index >= 15 is 0 Å². The lowest BCUT2D eigenvalue weighted by Gasteiger charge is -2.25. The van der Waals surface area contributed by atoms with Crippen LogP contribution in [-0.2, 0) is 4.74 Å². The lowest BCUT2D eigenvalue weighted by atomic mass is 10.1. The molecule has 0 aliphatic carbocycles. The lowest BCUT2D eigenvalue weighted by molar-refractivity contribution is 0.0819. The maximum atomic E-state index is 13.7. The maximum absolute atomic E-state index is 13.7. The Morgan fingerprint density at radius 1 is 1.50 bits per heavy atom. The van der Waals surface area contributed by atoms with E-state index in [4.69, 9.17) is 9.84 Å². The van der Waals surface area contributed by atoms with E-state index in [1.807, 2.05) is 13.8 Å². The molecular formula is C15H18FNO3. The fraction of sp³-hybridized carbons (Fsp3) is 0.400. The van der Waals surface area contributed by atoms with Crippen LogP contribution in [0.1, 0.15) is 29.8 Å². The summed E-state index contributed by atoms with van der Waals surface area (Å²) in [5, 5.41) is 11.3. The third-order valence-corrected chi connectivity index (χ3v) is 2.49. The number of ether oxygens (including phenoxy) is 1. The van der Waals surface area contributed by atoms with Crippen LogP contribution in [0.15, 0.2) is 18.2 Å². The van der Waals surface area contributed by atoms with E-state index in [0.29, 0.717) is 6.61 Å². The number of carbonyl (C=O) groups is 1. The van der Waals surface area contributed by atoms with Gasteiger partial charge in [0.15, 0.2) is 0 Å². The first-order chi connectivity index (χ1) is 9.39. The average molecular weight is 279 g/mol. The van der Waals surface area contributed by atoms with Crippen molar-refractivity contribution >= 4 is 5.91 Å². The third kappa shape index (κ3) is 4.65. The molecule has 0 aliphatic rings. The van der Waals surface area contributed by atoms with Crippen molar-refractivity contribution in [1.29, 1.82) is 0 Å². The van der Waals surface area contributed by atoms with Crippen molar-refractivity contribution in [2.45, 2.75) is 19.4 Å². The van der Waals surface area contributed by atoms with Crippen molar-refractivity contribution in [3.8, 4) is 11.8 Å². The smallest absolute Gasteiger partial charge is 0.251 e. The zero-order chi connectivity index (χ0) is 15.2. The molecule has 5 heteroatoms. The van der Waals surface area contributed by atoms with Crippen molar-refractivity contribution in [3.63, 3.8) is 0 Å². The summed E-state index contributed by atoms with van der Waals surface area (Å²) in [6.45, 7) is 3.63. The standard InChI is InChI=1S/C15H18FNO3/c1-15(2,10-20-3)17-14(19)12-7-6-11(5-4-8-18)13(16)9-12/h6-7,9,18H,8,10H2,1-3H3,(H,17,19). The predicted molar refractivity (Wildman–Crippen MR) is 73.8 cm³/mol. The number of hydrogen-bond acceptors (Lipinski definition) is 3. The van der Waals surface area contributed by atoms with E-state index < -0.39 is 11.4 Å². The molecule has 20 heavy (non-hydrogen) atoms. The molecule has 0 heterocycles. The second kappa shape index (κ2) is 7.04. The first-order valence-electron chi connectivity index (χ1n) is 6.10. The summed E-state index contributed by atoms with van der Waals surface area (Å²) in [5.74, 6) is 3.85. The van der Waals surface area contributed by atoms with E-state index in [9.17, 15) is 9.18 Å². The van der Waals surface area contributed by atoms with E-state index in [0.717, 1.165) is 6.07 Å². The van der Waals surface area contributed by atoms with Gasteiger partial charge in [0.1, 0.15) is 12.4 Å². The van der Waals surface area contributed by atoms with Crippen LogP contribution < -0.4 is 5.32 Å². The average Bonchev–Trinajstić information content (AvgIpc) is 2.36. The normalized spacial score (nSPS) is 10.7. The lowest BCUT2D eigenvalue weighted by Crippen LogP contribution is -2.46. The zero-order valence-corrected chi connectivity index (χ0v) is 11.8. The summed E-state index contributed by atoms with van der Waals surface area (Å²) < 4.78 is 18.7. The number of hydrogen-bond donors (Lipinski definition) is 2. The Labute approximate surface area is 117 Å². The molecule has 1 aromatic carbocycles. The second-order valence-corrected chi connectivity index (χ2v) is 4.93. The van der Waals surface area contributed by atoms with Crippen LogP contribution in [-0.4, -0.2) is 36.9 Å². The first kappa shape index (κ1) is 16.2. The Balaban J connectivity index is 2.88. The fourth-order valence-corrected chi connectivity index (χ4v) is 1.67. The Bertz CT molecular complexity index is 544. The van der Waals surface area contributed by atoms with Gasteiger partial charge in [-0.15, -0.1) is 0 Å². The van der Waals surface area contributed by atoms with Crippen molar-refractivity contribution in [2.75, 3.05) is 20.3 Å². The molecule has 0 aromatic heterocycles. The van der Waals surface area contributed by atoms with Crippen LogP contribution in [0.5, 0.6) is 0 Å². The number of aliphatic hydroxyl groups is 1. The summed E-state index contributed by atoms with van der Waals surface area (Å²) in [7, 11) is 1.54. The monoisotopic (exact) mass is 279 g/mol. The molecule has 1 amide bonds. The van der Waals surface area contributed by atoms with E-state index in [2.05, 4.69) is 17.2 Å². The van der Waals surface area contributed by atoms with Gasteiger partial charge in [-0.05, 0) is 32.0 Å². The Hall–Kier alpha value is -1.90. The molecule has 0 spiro atoms. The summed E-state index contributed by atoms with van der Waals surface area (Å²) in [6.07, 6.45) is 0. The highest BCUT2D eigenvalue weighted by atomic mass is 19.1. The third-order valence-electron chi connectivity index (χ3n) is 2.49. The molecule has 0 saturated carbocycles. The highest BCUT2D eigenvalue weighted by Gasteiger charge is 2.21. The Morgan fingerprint density at radius 2 is 2.20 bits per heavy atom. The molecule has 0 aliphatic heterocycles. The highest BCUT2D eigenvalue weighted by molar-refractivity contribution is 5.94. The molecule has 108 valence electrons. The molecule has 4 nitrogen and oxygen atoms in total. The van der Waals surface area contributed by atoms with E-state index in [-0.39, 0.29) is 23.6 Å². The molecule has 1 rings (SSSR count). The van der Waals surface area contributed by atoms with Crippen LogP contribution in [0.4, 0.5) is 4.39 Å². The van der Waals surface area contributed by atoms with E-state index in [1.54, 1.807) is 7.11 Å². The van der Waals surface area contributed by atoms with Crippen molar-refractivity contribution in [2.24, 2.45) is 0 Å². The van der Waals surface area contributed by atoms with Gasteiger partial charge in [-0.25, -0.2) is 4.39 Å². The summed E-state index contributed by atoms with van der Waals surface area (Å²) >= 11 is 0. The topological polar surface area (TPSA) is 58.6 Å². The molecule has 0 radical (unpaired) electrons. The number of amides is 1. The van der Waals surface area contributed by atoms with Gasteiger partial charge in [-0.1, -0.05) is 11.8 Å². The van der Waals surface area contributed by atoms with Gasteiger partial charge in [0.2, 0.25) is 0 Å². The number of aliphatic hydroxyl groups excluding tert-OH is 1. The SMILES string of the molecule is COCC(C)(C)NC(=O)c1ccc(C#CCO)c(F)c1. The van der Waals surface area contributed by atoms with Gasteiger partial charge in [-0.3, -0.25) is 4.79 Å². The number of nitrogens with one attached hydrogen (secondary N) is 1. The van der Waals surface area contributed by atoms with Crippen LogP contribution in [0.25, 0.3) is 0 Å². The molecular weight excluding hydrogens is 261 g/mol. The van der Waals surface area contributed by atoms with Crippen molar-refractivity contribution in [1.82, 2.24) is 5.32 Å². The molecule has 0 bridgehead atoms. The summed E-state index contributed by atoms with van der Waals surface area (Å²) in [6, 6.07) is 4.03. The van der Waals surface area contributed by atoms with Gasteiger partial charge in [0.05, 0.1) is 17.7 Å². The number of benzene rings is 1. The molecule has 2 N–H and O–H groups in total. The molecule has 0 unspecified atom stereocenters. The number of carbonyl (C=O) groups excluding carboxylic acids is 1.